The third-order valence-electron chi connectivity index (χ3n) is 1.00. The molecule has 10 heavy (non-hydrogen) atoms. The Morgan fingerprint density at radius 2 is 2.40 bits per heavy atom. The van der Waals surface area contributed by atoms with Gasteiger partial charge in [0.15, 0.2) is 17.3 Å². The highest BCUT2D eigenvalue weighted by Gasteiger charge is 2.04. The number of pyridine rings is 1. The molecule has 2 nitrogen and oxygen atoms in total. The van der Waals surface area contributed by atoms with E-state index in [1.807, 2.05) is 0 Å². The van der Waals surface area contributed by atoms with E-state index in [4.69, 9.17) is 11.6 Å². The number of rotatable bonds is 1. The van der Waals surface area contributed by atoms with Gasteiger partial charge in [-0.15, -0.1) is 0 Å². The molecule has 1 aromatic heterocycles. The van der Waals surface area contributed by atoms with Gasteiger partial charge in [-0.25, -0.2) is 9.37 Å². The Kier molecular flexibility index (Phi) is 1.97. The van der Waals surface area contributed by atoms with Crippen LogP contribution in [0.25, 0.3) is 0 Å². The van der Waals surface area contributed by atoms with Gasteiger partial charge in [0.25, 0.3) is 0 Å². The summed E-state index contributed by atoms with van der Waals surface area (Å²) in [6, 6.07) is 1.26. The summed E-state index contributed by atoms with van der Waals surface area (Å²) >= 11 is 5.25. The minimum atomic E-state index is -0.765. The van der Waals surface area contributed by atoms with Crippen molar-refractivity contribution in [1.82, 2.24) is 4.98 Å². The molecular formula is C6H3ClFNO. The van der Waals surface area contributed by atoms with Gasteiger partial charge < -0.3 is 0 Å². The maximum Gasteiger partial charge on any atom is 0.170 e. The van der Waals surface area contributed by atoms with E-state index in [1.54, 1.807) is 0 Å². The predicted molar refractivity (Wildman–Crippen MR) is 34.6 cm³/mol. The van der Waals surface area contributed by atoms with Crippen LogP contribution in [0, 0.1) is 5.82 Å². The Hall–Kier alpha value is -0.960. The normalized spacial score (nSPS) is 9.40. The second-order valence-corrected chi connectivity index (χ2v) is 1.98. The lowest BCUT2D eigenvalue weighted by atomic mass is 10.3. The van der Waals surface area contributed by atoms with E-state index in [0.717, 1.165) is 0 Å². The topological polar surface area (TPSA) is 30.0 Å². The van der Waals surface area contributed by atoms with Crippen molar-refractivity contribution in [3.8, 4) is 0 Å². The summed E-state index contributed by atoms with van der Waals surface area (Å²) in [4.78, 5) is 13.5. The molecule has 0 fully saturated rings. The zero-order chi connectivity index (χ0) is 7.56. The molecule has 1 aromatic rings. The van der Waals surface area contributed by atoms with E-state index in [2.05, 4.69) is 4.98 Å². The molecule has 0 saturated carbocycles. The smallest absolute Gasteiger partial charge is 0.170 e. The van der Waals surface area contributed by atoms with Crippen molar-refractivity contribution >= 4 is 17.9 Å². The van der Waals surface area contributed by atoms with E-state index in [9.17, 15) is 9.18 Å². The van der Waals surface area contributed by atoms with Gasteiger partial charge in [0.1, 0.15) is 0 Å². The first-order valence-corrected chi connectivity index (χ1v) is 2.88. The molecule has 0 radical (unpaired) electrons. The third kappa shape index (κ3) is 1.14. The van der Waals surface area contributed by atoms with Crippen LogP contribution in [0.3, 0.4) is 0 Å². The minimum absolute atomic E-state index is 0.0694. The number of carbonyl (C=O) groups excluding carboxylic acids is 1. The average Bonchev–Trinajstić information content (AvgIpc) is 1.95. The molecule has 0 N–H and O–H groups in total. The van der Waals surface area contributed by atoms with Crippen molar-refractivity contribution in [2.75, 3.05) is 0 Å². The summed E-state index contributed by atoms with van der Waals surface area (Å²) in [5, 5.41) is -0.274. The quantitative estimate of drug-likeness (QED) is 0.461. The molecular weight excluding hydrogens is 157 g/mol. The fraction of sp³-hybridized carbons (Fsp3) is 0. The van der Waals surface area contributed by atoms with E-state index in [1.165, 1.54) is 12.3 Å². The summed E-state index contributed by atoms with van der Waals surface area (Å²) < 4.78 is 12.6. The third-order valence-corrected chi connectivity index (χ3v) is 1.27. The number of nitrogens with zero attached hydrogens (tertiary/aromatic N) is 1. The molecule has 0 aromatic carbocycles. The summed E-state index contributed by atoms with van der Waals surface area (Å²) in [5.74, 6) is -0.765. The monoisotopic (exact) mass is 159 g/mol. The summed E-state index contributed by atoms with van der Waals surface area (Å²) in [7, 11) is 0. The van der Waals surface area contributed by atoms with Crippen molar-refractivity contribution in [3.63, 3.8) is 0 Å². The number of carbonyl (C=O) groups is 1. The zero-order valence-electron chi connectivity index (χ0n) is 4.84. The van der Waals surface area contributed by atoms with Crippen LogP contribution in [0.5, 0.6) is 0 Å². The summed E-state index contributed by atoms with van der Waals surface area (Å²) in [5.41, 5.74) is -0.0694. The lowest BCUT2D eigenvalue weighted by Gasteiger charge is -1.92. The second kappa shape index (κ2) is 2.75. The van der Waals surface area contributed by atoms with E-state index >= 15 is 0 Å². The first kappa shape index (κ1) is 7.15. The van der Waals surface area contributed by atoms with Gasteiger partial charge in [-0.2, -0.15) is 0 Å². The average molecular weight is 160 g/mol. The fourth-order valence-corrected chi connectivity index (χ4v) is 0.688. The molecule has 0 aliphatic carbocycles. The molecule has 0 aliphatic rings. The van der Waals surface area contributed by atoms with Crippen LogP contribution < -0.4 is 0 Å². The Labute approximate surface area is 61.6 Å². The molecule has 0 aliphatic heterocycles. The summed E-state index contributed by atoms with van der Waals surface area (Å²) in [6.07, 6.45) is 1.66. The number of hydrogen-bond donors (Lipinski definition) is 0. The maximum atomic E-state index is 12.6. The van der Waals surface area contributed by atoms with Crippen molar-refractivity contribution in [1.29, 1.82) is 0 Å². The lowest BCUT2D eigenvalue weighted by Crippen LogP contribution is -1.89. The first-order chi connectivity index (χ1) is 4.75. The van der Waals surface area contributed by atoms with Crippen LogP contribution in [-0.4, -0.2) is 11.3 Å². The van der Waals surface area contributed by atoms with Crippen molar-refractivity contribution in [3.05, 3.63) is 28.8 Å². The van der Waals surface area contributed by atoms with Gasteiger partial charge in [0.2, 0.25) is 0 Å². The van der Waals surface area contributed by atoms with Crippen molar-refractivity contribution in [2.24, 2.45) is 0 Å². The van der Waals surface area contributed by atoms with Crippen LogP contribution in [0.4, 0.5) is 4.39 Å². The van der Waals surface area contributed by atoms with E-state index < -0.39 is 5.82 Å². The highest BCUT2D eigenvalue weighted by atomic mass is 35.5. The Bertz CT molecular complexity index is 264. The second-order valence-electron chi connectivity index (χ2n) is 1.62. The highest BCUT2D eigenvalue weighted by Crippen LogP contribution is 2.12. The highest BCUT2D eigenvalue weighted by molar-refractivity contribution is 6.29. The molecule has 0 atom stereocenters. The van der Waals surface area contributed by atoms with Gasteiger partial charge in [-0.05, 0) is 6.07 Å². The molecule has 52 valence electrons. The zero-order valence-corrected chi connectivity index (χ0v) is 5.60. The van der Waals surface area contributed by atoms with Gasteiger partial charge in [-0.1, -0.05) is 11.6 Å². The predicted octanol–water partition coefficient (Wildman–Crippen LogP) is 1.69. The van der Waals surface area contributed by atoms with Crippen LogP contribution in [-0.2, 0) is 0 Å². The molecule has 0 spiro atoms. The molecule has 0 amide bonds. The fourth-order valence-electron chi connectivity index (χ4n) is 0.523. The van der Waals surface area contributed by atoms with E-state index in [-0.39, 0.29) is 10.7 Å². The minimum Gasteiger partial charge on any atom is -0.298 e. The Morgan fingerprint density at radius 3 is 2.90 bits per heavy atom. The molecule has 0 saturated heterocycles. The Balaban J connectivity index is 3.27. The van der Waals surface area contributed by atoms with Crippen molar-refractivity contribution < 1.29 is 9.18 Å². The van der Waals surface area contributed by atoms with Crippen LogP contribution in [0.2, 0.25) is 5.15 Å². The molecule has 1 rings (SSSR count). The standard InChI is InChI=1S/C6H3ClFNO/c7-6-5(8)4(3-10)1-2-9-6/h1-3H. The number of aromatic nitrogens is 1. The SMILES string of the molecule is O=Cc1ccnc(Cl)c1F. The van der Waals surface area contributed by atoms with Gasteiger partial charge in [0, 0.05) is 6.20 Å². The molecule has 4 heteroatoms. The molecule has 1 heterocycles. The molecule has 0 unspecified atom stereocenters. The van der Waals surface area contributed by atoms with Crippen molar-refractivity contribution in [2.45, 2.75) is 0 Å². The number of aldehydes is 1. The molecule has 0 bridgehead atoms. The largest absolute Gasteiger partial charge is 0.298 e. The lowest BCUT2D eigenvalue weighted by molar-refractivity contribution is 0.111. The van der Waals surface area contributed by atoms with Crippen LogP contribution >= 0.6 is 11.6 Å². The number of halogens is 2. The van der Waals surface area contributed by atoms with Gasteiger partial charge in [0.05, 0.1) is 5.56 Å². The number of hydrogen-bond acceptors (Lipinski definition) is 2. The van der Waals surface area contributed by atoms with Crippen LogP contribution in [0.1, 0.15) is 10.4 Å². The van der Waals surface area contributed by atoms with Crippen LogP contribution in [0.15, 0.2) is 12.3 Å². The van der Waals surface area contributed by atoms with Gasteiger partial charge >= 0.3 is 0 Å². The summed E-state index contributed by atoms with van der Waals surface area (Å²) in [6.45, 7) is 0. The Morgan fingerprint density at radius 1 is 1.70 bits per heavy atom. The first-order valence-electron chi connectivity index (χ1n) is 2.51. The van der Waals surface area contributed by atoms with Gasteiger partial charge in [-0.3, -0.25) is 4.79 Å². The van der Waals surface area contributed by atoms with E-state index in [0.29, 0.717) is 6.29 Å². The maximum absolute atomic E-state index is 12.6.